The van der Waals surface area contributed by atoms with Crippen molar-refractivity contribution in [2.24, 2.45) is 0 Å². The van der Waals surface area contributed by atoms with Crippen molar-refractivity contribution in [2.75, 3.05) is 0 Å². The number of hydrogen-bond donors (Lipinski definition) is 1. The number of halogens is 3. The maximum Gasteiger partial charge on any atom is 0.225 e. The number of rotatable bonds is 4. The molecule has 130 valence electrons. The first-order chi connectivity index (χ1) is 12.6. The van der Waals surface area contributed by atoms with Crippen molar-refractivity contribution in [2.45, 2.75) is 6.61 Å². The van der Waals surface area contributed by atoms with E-state index in [-0.39, 0.29) is 5.28 Å². The van der Waals surface area contributed by atoms with Gasteiger partial charge in [-0.05, 0) is 29.3 Å². The molecule has 2 aromatic carbocycles. The molecule has 26 heavy (non-hydrogen) atoms. The summed E-state index contributed by atoms with van der Waals surface area (Å²) in [5.41, 5.74) is 3.27. The van der Waals surface area contributed by atoms with Gasteiger partial charge in [0.25, 0.3) is 0 Å². The predicted octanol–water partition coefficient (Wildman–Crippen LogP) is 5.56. The van der Waals surface area contributed by atoms with Crippen LogP contribution in [0.5, 0.6) is 5.75 Å². The second kappa shape index (κ2) is 7.11. The molecule has 0 atom stereocenters. The molecule has 2 aromatic heterocycles. The minimum Gasteiger partial charge on any atom is -0.487 e. The minimum atomic E-state index is 0.0809. The van der Waals surface area contributed by atoms with Crippen molar-refractivity contribution in [1.29, 1.82) is 0 Å². The fourth-order valence-electron chi connectivity index (χ4n) is 2.56. The van der Waals surface area contributed by atoms with Crippen LogP contribution in [-0.2, 0) is 6.61 Å². The van der Waals surface area contributed by atoms with Gasteiger partial charge >= 0.3 is 0 Å². The number of hydrogen-bond acceptors (Lipinski definition) is 4. The van der Waals surface area contributed by atoms with Gasteiger partial charge in [-0.2, -0.15) is 4.98 Å². The predicted molar refractivity (Wildman–Crippen MR) is 103 cm³/mol. The Morgan fingerprint density at radius 3 is 2.58 bits per heavy atom. The van der Waals surface area contributed by atoms with Crippen LogP contribution in [0.25, 0.3) is 22.4 Å². The van der Waals surface area contributed by atoms with Crippen LogP contribution in [0.2, 0.25) is 15.3 Å². The van der Waals surface area contributed by atoms with E-state index in [9.17, 15) is 0 Å². The number of imidazole rings is 1. The van der Waals surface area contributed by atoms with E-state index in [1.165, 1.54) is 6.33 Å². The molecule has 0 aliphatic rings. The summed E-state index contributed by atoms with van der Waals surface area (Å²) in [4.78, 5) is 15.5. The third kappa shape index (κ3) is 3.33. The molecule has 0 aliphatic heterocycles. The van der Waals surface area contributed by atoms with Gasteiger partial charge < -0.3 is 9.72 Å². The first kappa shape index (κ1) is 17.1. The first-order valence-electron chi connectivity index (χ1n) is 7.64. The molecule has 5 nitrogen and oxygen atoms in total. The van der Waals surface area contributed by atoms with Crippen LogP contribution >= 0.6 is 34.8 Å². The van der Waals surface area contributed by atoms with Crippen molar-refractivity contribution in [3.8, 4) is 17.0 Å². The number of benzene rings is 2. The summed E-state index contributed by atoms with van der Waals surface area (Å²) in [6.07, 6.45) is 1.52. The highest BCUT2D eigenvalue weighted by molar-refractivity contribution is 6.37. The van der Waals surface area contributed by atoms with Gasteiger partial charge in [0.05, 0.1) is 16.4 Å². The molecule has 0 amide bonds. The van der Waals surface area contributed by atoms with Crippen molar-refractivity contribution >= 4 is 46.0 Å². The van der Waals surface area contributed by atoms with Crippen molar-refractivity contribution < 1.29 is 4.74 Å². The summed E-state index contributed by atoms with van der Waals surface area (Å²) in [7, 11) is 0. The van der Waals surface area contributed by atoms with Crippen LogP contribution in [-0.4, -0.2) is 19.9 Å². The fraction of sp³-hybridized carbons (Fsp3) is 0.0556. The second-order valence-electron chi connectivity index (χ2n) is 5.48. The Labute approximate surface area is 163 Å². The van der Waals surface area contributed by atoms with Crippen LogP contribution in [0.15, 0.2) is 48.8 Å². The van der Waals surface area contributed by atoms with Gasteiger partial charge in [0.2, 0.25) is 5.28 Å². The Morgan fingerprint density at radius 2 is 1.77 bits per heavy atom. The lowest BCUT2D eigenvalue weighted by Gasteiger charge is -2.12. The number of aromatic amines is 1. The maximum absolute atomic E-state index is 6.40. The Kier molecular flexibility index (Phi) is 4.68. The number of nitrogens with zero attached hydrogens (tertiary/aromatic N) is 3. The van der Waals surface area contributed by atoms with E-state index in [0.29, 0.717) is 44.8 Å². The van der Waals surface area contributed by atoms with E-state index in [1.54, 1.807) is 12.1 Å². The normalized spacial score (nSPS) is 11.0. The molecule has 4 aromatic rings. The molecule has 2 heterocycles. The topological polar surface area (TPSA) is 63.7 Å². The van der Waals surface area contributed by atoms with Gasteiger partial charge in [0.1, 0.15) is 23.6 Å². The van der Waals surface area contributed by atoms with Crippen molar-refractivity contribution in [3.05, 3.63) is 69.7 Å². The van der Waals surface area contributed by atoms with Crippen LogP contribution < -0.4 is 4.74 Å². The largest absolute Gasteiger partial charge is 0.487 e. The average molecular weight is 406 g/mol. The smallest absolute Gasteiger partial charge is 0.225 e. The number of nitrogens with one attached hydrogen (secondary N) is 1. The molecule has 0 saturated carbocycles. The van der Waals surface area contributed by atoms with E-state index in [2.05, 4.69) is 19.9 Å². The zero-order chi connectivity index (χ0) is 18.1. The van der Waals surface area contributed by atoms with E-state index in [0.717, 1.165) is 5.56 Å². The lowest BCUT2D eigenvalue weighted by atomic mass is 10.1. The van der Waals surface area contributed by atoms with E-state index < -0.39 is 0 Å². The zero-order valence-electron chi connectivity index (χ0n) is 13.2. The van der Waals surface area contributed by atoms with E-state index >= 15 is 0 Å². The average Bonchev–Trinajstić information content (AvgIpc) is 3.09. The van der Waals surface area contributed by atoms with Gasteiger partial charge in [0.15, 0.2) is 5.65 Å². The summed E-state index contributed by atoms with van der Waals surface area (Å²) < 4.78 is 5.87. The van der Waals surface area contributed by atoms with Gasteiger partial charge in [-0.25, -0.2) is 9.97 Å². The quantitative estimate of drug-likeness (QED) is 0.451. The molecular weight excluding hydrogens is 395 g/mol. The maximum atomic E-state index is 6.40. The Balaban J connectivity index is 1.76. The van der Waals surface area contributed by atoms with Crippen LogP contribution in [0, 0.1) is 0 Å². The number of aromatic nitrogens is 4. The number of ether oxygens (including phenoxy) is 1. The molecule has 0 unspecified atom stereocenters. The number of fused-ring (bicyclic) bond motifs is 1. The van der Waals surface area contributed by atoms with Crippen LogP contribution in [0.1, 0.15) is 5.56 Å². The molecule has 0 spiro atoms. The molecule has 0 bridgehead atoms. The molecular formula is C18H11Cl3N4O. The number of H-pyrrole nitrogens is 1. The van der Waals surface area contributed by atoms with Gasteiger partial charge in [-0.15, -0.1) is 0 Å². The highest BCUT2D eigenvalue weighted by Crippen LogP contribution is 2.38. The van der Waals surface area contributed by atoms with E-state index in [4.69, 9.17) is 39.5 Å². The van der Waals surface area contributed by atoms with E-state index in [1.807, 2.05) is 30.3 Å². The lowest BCUT2D eigenvalue weighted by molar-refractivity contribution is 0.306. The molecule has 1 N–H and O–H groups in total. The third-order valence-corrected chi connectivity index (χ3v) is 4.55. The molecule has 0 radical (unpaired) electrons. The van der Waals surface area contributed by atoms with Gasteiger partial charge in [0, 0.05) is 5.56 Å². The van der Waals surface area contributed by atoms with Crippen molar-refractivity contribution in [3.63, 3.8) is 0 Å². The Morgan fingerprint density at radius 1 is 0.962 bits per heavy atom. The minimum absolute atomic E-state index is 0.0809. The third-order valence-electron chi connectivity index (χ3n) is 3.77. The zero-order valence-corrected chi connectivity index (χ0v) is 15.5. The summed E-state index contributed by atoms with van der Waals surface area (Å²) in [6.45, 7) is 0.381. The molecule has 0 saturated heterocycles. The SMILES string of the molecule is Clc1nc(-c2cc(OCc3ccccc3)c(Cl)cc2Cl)c2[nH]cnc2n1. The highest BCUT2D eigenvalue weighted by atomic mass is 35.5. The first-order valence-corrected chi connectivity index (χ1v) is 8.78. The summed E-state index contributed by atoms with van der Waals surface area (Å²) in [5.74, 6) is 0.498. The van der Waals surface area contributed by atoms with Crippen LogP contribution in [0.3, 0.4) is 0 Å². The molecule has 0 aliphatic carbocycles. The molecule has 4 rings (SSSR count). The summed E-state index contributed by atoms with van der Waals surface area (Å²) in [6, 6.07) is 13.2. The van der Waals surface area contributed by atoms with Gasteiger partial charge in [-0.1, -0.05) is 53.5 Å². The highest BCUT2D eigenvalue weighted by Gasteiger charge is 2.17. The second-order valence-corrected chi connectivity index (χ2v) is 6.63. The lowest BCUT2D eigenvalue weighted by Crippen LogP contribution is -1.97. The Bertz CT molecular complexity index is 1080. The van der Waals surface area contributed by atoms with Crippen LogP contribution in [0.4, 0.5) is 0 Å². The molecule has 0 fully saturated rings. The standard InChI is InChI=1S/C18H11Cl3N4O/c19-12-7-13(20)14(26-8-10-4-2-1-3-5-10)6-11(12)15-16-17(23-9-22-16)25-18(21)24-15/h1-7,9H,8H2,(H,22,23,24,25). The summed E-state index contributed by atoms with van der Waals surface area (Å²) in [5, 5.41) is 0.917. The monoisotopic (exact) mass is 404 g/mol. The molecule has 8 heteroatoms. The summed E-state index contributed by atoms with van der Waals surface area (Å²) >= 11 is 18.7. The van der Waals surface area contributed by atoms with Gasteiger partial charge in [-0.3, -0.25) is 0 Å². The fourth-order valence-corrected chi connectivity index (χ4v) is 3.25. The van der Waals surface area contributed by atoms with Crippen molar-refractivity contribution in [1.82, 2.24) is 19.9 Å². The Hall–Kier alpha value is -2.34.